The summed E-state index contributed by atoms with van der Waals surface area (Å²) in [5.41, 5.74) is -0.0745. The number of aliphatic carboxylic acids is 2. The van der Waals surface area contributed by atoms with Gasteiger partial charge in [0, 0.05) is 11.8 Å². The van der Waals surface area contributed by atoms with Crippen LogP contribution in [0.15, 0.2) is 29.2 Å². The van der Waals surface area contributed by atoms with Gasteiger partial charge in [-0.05, 0) is 18.2 Å². The maximum Gasteiger partial charge on any atom is 0.326 e. The van der Waals surface area contributed by atoms with Crippen LogP contribution >= 0.6 is 0 Å². The largest absolute Gasteiger partial charge is 0.481 e. The van der Waals surface area contributed by atoms with Gasteiger partial charge in [0.2, 0.25) is 0 Å². The number of carbonyl (C=O) groups is 3. The third-order valence-corrected chi connectivity index (χ3v) is 3.62. The molecule has 8 nitrogen and oxygen atoms in total. The lowest BCUT2D eigenvalue weighted by molar-refractivity contribution is -0.145. The molecule has 1 unspecified atom stereocenters. The van der Waals surface area contributed by atoms with E-state index in [0.717, 1.165) is 12.3 Å². The van der Waals surface area contributed by atoms with Gasteiger partial charge in [-0.2, -0.15) is 0 Å². The molecule has 0 fully saturated rings. The molecule has 1 rings (SSSR count). The van der Waals surface area contributed by atoms with Crippen LogP contribution in [0.3, 0.4) is 0 Å². The summed E-state index contributed by atoms with van der Waals surface area (Å²) in [5.74, 6) is -3.74. The van der Waals surface area contributed by atoms with E-state index in [4.69, 9.17) is 10.2 Å². The van der Waals surface area contributed by atoms with Crippen LogP contribution in [-0.2, 0) is 19.4 Å². The highest BCUT2D eigenvalue weighted by molar-refractivity contribution is 7.90. The number of carbonyl (C=O) groups excluding carboxylic acids is 1. The van der Waals surface area contributed by atoms with Gasteiger partial charge in [0.1, 0.15) is 6.04 Å². The number of rotatable bonds is 6. The molecule has 0 aliphatic heterocycles. The van der Waals surface area contributed by atoms with Crippen molar-refractivity contribution in [1.82, 2.24) is 5.32 Å². The molecule has 9 heteroatoms. The molecule has 0 saturated carbocycles. The molecule has 0 aliphatic carbocycles. The summed E-state index contributed by atoms with van der Waals surface area (Å²) < 4.78 is 22.8. The summed E-state index contributed by atoms with van der Waals surface area (Å²) in [6.07, 6.45) is 0.182. The lowest BCUT2D eigenvalue weighted by Gasteiger charge is -2.12. The standard InChI is InChI=1S/C12H13NO7S/c1-21(19,20)8-4-2-3-7(5-8)11(16)13-9(12(17)18)6-10(14)15/h2-5,9H,6H2,1H3,(H,13,16)(H,14,15)(H,17,18). The molecule has 0 radical (unpaired) electrons. The second kappa shape index (κ2) is 6.35. The molecule has 1 aromatic carbocycles. The number of hydrogen-bond acceptors (Lipinski definition) is 5. The Bertz CT molecular complexity index is 681. The second-order valence-electron chi connectivity index (χ2n) is 4.26. The van der Waals surface area contributed by atoms with Crippen molar-refractivity contribution in [2.45, 2.75) is 17.4 Å². The zero-order valence-electron chi connectivity index (χ0n) is 10.9. The molecule has 21 heavy (non-hydrogen) atoms. The van der Waals surface area contributed by atoms with E-state index < -0.39 is 40.1 Å². The predicted molar refractivity (Wildman–Crippen MR) is 70.7 cm³/mol. The molecule has 0 aromatic heterocycles. The zero-order valence-corrected chi connectivity index (χ0v) is 11.8. The molecule has 0 bridgehead atoms. The molecule has 1 amide bonds. The average molecular weight is 315 g/mol. The lowest BCUT2D eigenvalue weighted by Crippen LogP contribution is -2.42. The number of benzene rings is 1. The van der Waals surface area contributed by atoms with Crippen LogP contribution in [0.2, 0.25) is 0 Å². The first-order valence-electron chi connectivity index (χ1n) is 5.67. The molecule has 0 heterocycles. The molecule has 0 aliphatic rings. The monoisotopic (exact) mass is 315 g/mol. The van der Waals surface area contributed by atoms with E-state index in [9.17, 15) is 22.8 Å². The van der Waals surface area contributed by atoms with E-state index in [1.807, 2.05) is 5.32 Å². The summed E-state index contributed by atoms with van der Waals surface area (Å²) in [6.45, 7) is 0. The molecule has 0 saturated heterocycles. The van der Waals surface area contributed by atoms with Crippen LogP contribution in [0.1, 0.15) is 16.8 Å². The number of hydrogen-bond donors (Lipinski definition) is 3. The Morgan fingerprint density at radius 1 is 1.24 bits per heavy atom. The van der Waals surface area contributed by atoms with Gasteiger partial charge in [-0.3, -0.25) is 9.59 Å². The lowest BCUT2D eigenvalue weighted by atomic mass is 10.1. The van der Waals surface area contributed by atoms with E-state index in [-0.39, 0.29) is 10.5 Å². The first-order valence-corrected chi connectivity index (χ1v) is 7.56. The summed E-state index contributed by atoms with van der Waals surface area (Å²) in [5, 5.41) is 19.4. The van der Waals surface area contributed by atoms with E-state index in [2.05, 4.69) is 0 Å². The number of carboxylic acids is 2. The second-order valence-corrected chi connectivity index (χ2v) is 6.28. The van der Waals surface area contributed by atoms with Gasteiger partial charge in [-0.1, -0.05) is 6.07 Å². The zero-order chi connectivity index (χ0) is 16.2. The van der Waals surface area contributed by atoms with Crippen LogP contribution < -0.4 is 5.32 Å². The number of carboxylic acid groups (broad SMARTS) is 2. The Balaban J connectivity index is 2.98. The van der Waals surface area contributed by atoms with E-state index in [1.165, 1.54) is 18.2 Å². The molecule has 1 atom stereocenters. The van der Waals surface area contributed by atoms with Crippen LogP contribution in [-0.4, -0.2) is 48.8 Å². The van der Waals surface area contributed by atoms with Gasteiger partial charge in [-0.25, -0.2) is 13.2 Å². The highest BCUT2D eigenvalue weighted by atomic mass is 32.2. The summed E-state index contributed by atoms with van der Waals surface area (Å²) in [4.78, 5) is 33.1. The normalized spacial score (nSPS) is 12.4. The Morgan fingerprint density at radius 2 is 1.86 bits per heavy atom. The van der Waals surface area contributed by atoms with Crippen molar-refractivity contribution in [3.63, 3.8) is 0 Å². The number of amides is 1. The summed E-state index contributed by atoms with van der Waals surface area (Å²) >= 11 is 0. The van der Waals surface area contributed by atoms with Crippen molar-refractivity contribution in [1.29, 1.82) is 0 Å². The first-order chi connectivity index (χ1) is 9.61. The topological polar surface area (TPSA) is 138 Å². The van der Waals surface area contributed by atoms with Gasteiger partial charge in [0.05, 0.1) is 11.3 Å². The quantitative estimate of drug-likeness (QED) is 0.658. The molecule has 0 spiro atoms. The maximum atomic E-state index is 11.9. The predicted octanol–water partition coefficient (Wildman–Crippen LogP) is -0.252. The summed E-state index contributed by atoms with van der Waals surface area (Å²) in [7, 11) is -3.51. The minimum Gasteiger partial charge on any atom is -0.481 e. The molecule has 114 valence electrons. The minimum atomic E-state index is -3.51. The van der Waals surface area contributed by atoms with E-state index in [1.54, 1.807) is 0 Å². The third kappa shape index (κ3) is 4.88. The highest BCUT2D eigenvalue weighted by Crippen LogP contribution is 2.11. The Labute approximate surface area is 120 Å². The fourth-order valence-electron chi connectivity index (χ4n) is 1.48. The fraction of sp³-hybridized carbons (Fsp3) is 0.250. The Morgan fingerprint density at radius 3 is 2.33 bits per heavy atom. The van der Waals surface area contributed by atoms with Gasteiger partial charge < -0.3 is 15.5 Å². The summed E-state index contributed by atoms with van der Waals surface area (Å²) in [6, 6.07) is 3.40. The van der Waals surface area contributed by atoms with E-state index in [0.29, 0.717) is 0 Å². The van der Waals surface area contributed by atoms with Crippen LogP contribution in [0, 0.1) is 0 Å². The van der Waals surface area contributed by atoms with Crippen molar-refractivity contribution < 1.29 is 33.0 Å². The third-order valence-electron chi connectivity index (χ3n) is 2.51. The van der Waals surface area contributed by atoms with Crippen LogP contribution in [0.4, 0.5) is 0 Å². The fourth-order valence-corrected chi connectivity index (χ4v) is 2.15. The van der Waals surface area contributed by atoms with Crippen LogP contribution in [0.5, 0.6) is 0 Å². The maximum absolute atomic E-state index is 11.9. The van der Waals surface area contributed by atoms with Gasteiger partial charge in [0.15, 0.2) is 9.84 Å². The van der Waals surface area contributed by atoms with Crippen LogP contribution in [0.25, 0.3) is 0 Å². The Hall–Kier alpha value is -2.42. The van der Waals surface area contributed by atoms with Crippen molar-refractivity contribution >= 4 is 27.7 Å². The van der Waals surface area contributed by atoms with Crippen molar-refractivity contribution in [3.8, 4) is 0 Å². The smallest absolute Gasteiger partial charge is 0.326 e. The van der Waals surface area contributed by atoms with Crippen molar-refractivity contribution in [3.05, 3.63) is 29.8 Å². The molecule has 1 aromatic rings. The first kappa shape index (κ1) is 16.6. The SMILES string of the molecule is CS(=O)(=O)c1cccc(C(=O)NC(CC(=O)O)C(=O)O)c1. The van der Waals surface area contributed by atoms with Crippen molar-refractivity contribution in [2.75, 3.05) is 6.26 Å². The van der Waals surface area contributed by atoms with Crippen molar-refractivity contribution in [2.24, 2.45) is 0 Å². The number of nitrogens with one attached hydrogen (secondary N) is 1. The molecular formula is C12H13NO7S. The average Bonchev–Trinajstić information content (AvgIpc) is 2.36. The van der Waals surface area contributed by atoms with Gasteiger partial charge in [0.25, 0.3) is 5.91 Å². The minimum absolute atomic E-state index is 0.0745. The Kier molecular flexibility index (Phi) is 5.03. The molecular weight excluding hydrogens is 302 g/mol. The van der Waals surface area contributed by atoms with E-state index >= 15 is 0 Å². The van der Waals surface area contributed by atoms with Gasteiger partial charge in [-0.15, -0.1) is 0 Å². The molecule has 3 N–H and O–H groups in total. The number of sulfone groups is 1. The highest BCUT2D eigenvalue weighted by Gasteiger charge is 2.24. The van der Waals surface area contributed by atoms with Gasteiger partial charge >= 0.3 is 11.9 Å².